The first-order chi connectivity index (χ1) is 8.97. The van der Waals surface area contributed by atoms with E-state index in [1.54, 1.807) is 0 Å². The summed E-state index contributed by atoms with van der Waals surface area (Å²) in [6, 6.07) is 5.70. The van der Waals surface area contributed by atoms with Gasteiger partial charge >= 0.3 is 5.97 Å². The van der Waals surface area contributed by atoms with Crippen LogP contribution >= 0.6 is 27.5 Å². The number of aliphatic carboxylic acids is 1. The fourth-order valence-corrected chi connectivity index (χ4v) is 3.18. The third kappa shape index (κ3) is 3.12. The number of carbonyl (C=O) groups is 1. The van der Waals surface area contributed by atoms with E-state index in [1.165, 1.54) is 0 Å². The highest BCUT2D eigenvalue weighted by Gasteiger charge is 2.43. The van der Waals surface area contributed by atoms with Crippen LogP contribution in [0.5, 0.6) is 0 Å². The van der Waals surface area contributed by atoms with Gasteiger partial charge in [-0.1, -0.05) is 34.5 Å². The molecule has 0 aromatic heterocycles. The number of nitrogens with zero attached hydrogens (tertiary/aromatic N) is 1. The van der Waals surface area contributed by atoms with E-state index in [0.717, 1.165) is 29.5 Å². The molecule has 1 heterocycles. The summed E-state index contributed by atoms with van der Waals surface area (Å²) in [6.45, 7) is 4.11. The summed E-state index contributed by atoms with van der Waals surface area (Å²) in [4.78, 5) is 13.6. The second kappa shape index (κ2) is 5.81. The van der Waals surface area contributed by atoms with Crippen LogP contribution in [-0.2, 0) is 11.3 Å². The van der Waals surface area contributed by atoms with Gasteiger partial charge in [0.25, 0.3) is 0 Å². The van der Waals surface area contributed by atoms with Crippen molar-refractivity contribution < 1.29 is 9.90 Å². The van der Waals surface area contributed by atoms with E-state index in [1.807, 2.05) is 25.1 Å². The SMILES string of the molecule is CCC1(C(=O)O)CCN(Cc2cc(Cl)ccc2Br)C1. The quantitative estimate of drug-likeness (QED) is 0.902. The molecule has 1 aromatic carbocycles. The first-order valence-corrected chi connectivity index (χ1v) is 7.53. The standard InChI is InChI=1S/C14H17BrClNO2/c1-2-14(13(18)19)5-6-17(9-14)8-10-7-11(16)3-4-12(10)15/h3-4,7H,2,5-6,8-9H2,1H3,(H,18,19). The summed E-state index contributed by atoms with van der Waals surface area (Å²) in [5.41, 5.74) is 0.523. The fourth-order valence-electron chi connectivity index (χ4n) is 2.61. The predicted octanol–water partition coefficient (Wildman–Crippen LogP) is 3.79. The van der Waals surface area contributed by atoms with E-state index < -0.39 is 11.4 Å². The minimum absolute atomic E-state index is 0.578. The zero-order valence-electron chi connectivity index (χ0n) is 10.8. The third-order valence-electron chi connectivity index (χ3n) is 3.97. The Morgan fingerprint density at radius 2 is 2.32 bits per heavy atom. The van der Waals surface area contributed by atoms with Crippen molar-refractivity contribution >= 4 is 33.5 Å². The number of rotatable bonds is 4. The van der Waals surface area contributed by atoms with Crippen LogP contribution in [0.4, 0.5) is 0 Å². The molecular weight excluding hydrogens is 330 g/mol. The lowest BCUT2D eigenvalue weighted by molar-refractivity contribution is -0.148. The van der Waals surface area contributed by atoms with Gasteiger partial charge in [-0.2, -0.15) is 0 Å². The van der Waals surface area contributed by atoms with Gasteiger partial charge in [0.2, 0.25) is 0 Å². The Bertz CT molecular complexity index is 494. The number of likely N-dealkylation sites (tertiary alicyclic amines) is 1. The summed E-state index contributed by atoms with van der Waals surface area (Å²) in [5.74, 6) is -0.678. The number of carboxylic acids is 1. The molecule has 0 aliphatic carbocycles. The molecule has 0 saturated carbocycles. The summed E-state index contributed by atoms with van der Waals surface area (Å²) >= 11 is 9.51. The Morgan fingerprint density at radius 3 is 2.89 bits per heavy atom. The van der Waals surface area contributed by atoms with Crippen molar-refractivity contribution in [2.24, 2.45) is 5.41 Å². The number of hydrogen-bond donors (Lipinski definition) is 1. The van der Waals surface area contributed by atoms with Crippen molar-refractivity contribution in [2.45, 2.75) is 26.3 Å². The highest BCUT2D eigenvalue weighted by atomic mass is 79.9. The van der Waals surface area contributed by atoms with Gasteiger partial charge in [-0.15, -0.1) is 0 Å². The minimum Gasteiger partial charge on any atom is -0.481 e. The molecule has 1 unspecified atom stereocenters. The summed E-state index contributed by atoms with van der Waals surface area (Å²) < 4.78 is 1.02. The van der Waals surface area contributed by atoms with Crippen molar-refractivity contribution in [3.63, 3.8) is 0 Å². The van der Waals surface area contributed by atoms with Crippen molar-refractivity contribution in [2.75, 3.05) is 13.1 Å². The number of hydrogen-bond acceptors (Lipinski definition) is 2. The van der Waals surface area contributed by atoms with Gasteiger partial charge < -0.3 is 5.11 Å². The maximum atomic E-state index is 11.4. The molecule has 1 aliphatic rings. The normalized spacial score (nSPS) is 23.7. The number of benzene rings is 1. The zero-order valence-corrected chi connectivity index (χ0v) is 13.2. The Morgan fingerprint density at radius 1 is 1.58 bits per heavy atom. The van der Waals surface area contributed by atoms with Gasteiger partial charge in [0.1, 0.15) is 0 Å². The lowest BCUT2D eigenvalue weighted by Gasteiger charge is -2.23. The number of carboxylic acid groups (broad SMARTS) is 1. The van der Waals surface area contributed by atoms with Gasteiger partial charge in [0.15, 0.2) is 0 Å². The Hall–Kier alpha value is -0.580. The topological polar surface area (TPSA) is 40.5 Å². The molecule has 3 nitrogen and oxygen atoms in total. The molecule has 19 heavy (non-hydrogen) atoms. The first kappa shape index (κ1) is 14.8. The smallest absolute Gasteiger partial charge is 0.310 e. The van der Waals surface area contributed by atoms with Gasteiger partial charge in [-0.25, -0.2) is 0 Å². The highest BCUT2D eigenvalue weighted by molar-refractivity contribution is 9.10. The first-order valence-electron chi connectivity index (χ1n) is 6.36. The lowest BCUT2D eigenvalue weighted by Crippen LogP contribution is -2.33. The van der Waals surface area contributed by atoms with Gasteiger partial charge in [-0.3, -0.25) is 9.69 Å². The second-order valence-electron chi connectivity index (χ2n) is 5.14. The van der Waals surface area contributed by atoms with E-state index in [4.69, 9.17) is 11.6 Å². The number of halogens is 2. The molecule has 1 aliphatic heterocycles. The van der Waals surface area contributed by atoms with Crippen LogP contribution in [0.25, 0.3) is 0 Å². The molecule has 0 bridgehead atoms. The van der Waals surface area contributed by atoms with Gasteiger partial charge in [-0.05, 0) is 43.1 Å². The molecule has 2 rings (SSSR count). The zero-order chi connectivity index (χ0) is 14.0. The molecule has 1 aromatic rings. The van der Waals surface area contributed by atoms with Gasteiger partial charge in [0.05, 0.1) is 5.41 Å². The molecular formula is C14H17BrClNO2. The van der Waals surface area contributed by atoms with Crippen LogP contribution in [0.2, 0.25) is 5.02 Å². The Balaban J connectivity index is 2.10. The van der Waals surface area contributed by atoms with Crippen LogP contribution in [0.1, 0.15) is 25.3 Å². The molecule has 1 saturated heterocycles. The largest absolute Gasteiger partial charge is 0.481 e. The molecule has 0 amide bonds. The van der Waals surface area contributed by atoms with Crippen molar-refractivity contribution in [1.82, 2.24) is 4.90 Å². The average Bonchev–Trinajstić information content (AvgIpc) is 2.79. The summed E-state index contributed by atoms with van der Waals surface area (Å²) in [6.07, 6.45) is 1.40. The van der Waals surface area contributed by atoms with Crippen LogP contribution in [0, 0.1) is 5.41 Å². The van der Waals surface area contributed by atoms with Crippen LogP contribution < -0.4 is 0 Å². The minimum atomic E-state index is -0.678. The molecule has 1 atom stereocenters. The van der Waals surface area contributed by atoms with E-state index in [0.29, 0.717) is 18.0 Å². The van der Waals surface area contributed by atoms with Crippen molar-refractivity contribution in [3.05, 3.63) is 33.3 Å². The van der Waals surface area contributed by atoms with Crippen LogP contribution in [0.3, 0.4) is 0 Å². The van der Waals surface area contributed by atoms with E-state index in [2.05, 4.69) is 20.8 Å². The molecule has 5 heteroatoms. The Kier molecular flexibility index (Phi) is 4.54. The molecule has 104 valence electrons. The van der Waals surface area contributed by atoms with E-state index in [-0.39, 0.29) is 0 Å². The van der Waals surface area contributed by atoms with Gasteiger partial charge in [0, 0.05) is 22.6 Å². The molecule has 1 fully saturated rings. The van der Waals surface area contributed by atoms with Crippen LogP contribution in [0.15, 0.2) is 22.7 Å². The molecule has 1 N–H and O–H groups in total. The predicted molar refractivity (Wildman–Crippen MR) is 79.4 cm³/mol. The Labute approximate surface area is 126 Å². The third-order valence-corrected chi connectivity index (χ3v) is 4.97. The monoisotopic (exact) mass is 345 g/mol. The van der Waals surface area contributed by atoms with Crippen molar-refractivity contribution in [3.8, 4) is 0 Å². The maximum absolute atomic E-state index is 11.4. The molecule has 0 spiro atoms. The maximum Gasteiger partial charge on any atom is 0.310 e. The van der Waals surface area contributed by atoms with Crippen LogP contribution in [-0.4, -0.2) is 29.1 Å². The van der Waals surface area contributed by atoms with E-state index in [9.17, 15) is 9.90 Å². The second-order valence-corrected chi connectivity index (χ2v) is 6.43. The highest BCUT2D eigenvalue weighted by Crippen LogP contribution is 2.35. The summed E-state index contributed by atoms with van der Waals surface area (Å²) in [5, 5.41) is 10.1. The van der Waals surface area contributed by atoms with Crippen molar-refractivity contribution in [1.29, 1.82) is 0 Å². The average molecular weight is 347 g/mol. The fraction of sp³-hybridized carbons (Fsp3) is 0.500. The summed E-state index contributed by atoms with van der Waals surface area (Å²) in [7, 11) is 0. The molecule has 0 radical (unpaired) electrons. The van der Waals surface area contributed by atoms with E-state index >= 15 is 0 Å². The lowest BCUT2D eigenvalue weighted by atomic mass is 9.84.